The van der Waals surface area contributed by atoms with Crippen molar-refractivity contribution in [1.29, 1.82) is 0 Å². The van der Waals surface area contributed by atoms with Gasteiger partial charge in [-0.25, -0.2) is 13.6 Å². The first-order valence-corrected chi connectivity index (χ1v) is 15.7. The molecule has 0 bridgehead atoms. The first-order chi connectivity index (χ1) is 21.8. The second-order valence-electron chi connectivity index (χ2n) is 12.0. The van der Waals surface area contributed by atoms with Gasteiger partial charge in [0.25, 0.3) is 0 Å². The Morgan fingerprint density at radius 2 is 1.87 bits per heavy atom. The van der Waals surface area contributed by atoms with Gasteiger partial charge < -0.3 is 20.4 Å². The van der Waals surface area contributed by atoms with Gasteiger partial charge in [0, 0.05) is 56.6 Å². The van der Waals surface area contributed by atoms with Crippen molar-refractivity contribution < 1.29 is 13.6 Å². The topological polar surface area (TPSA) is 101 Å². The minimum Gasteiger partial charge on any atom is -0.397 e. The minimum absolute atomic E-state index is 0.0373. The van der Waals surface area contributed by atoms with Crippen LogP contribution in [-0.2, 0) is 4.79 Å². The number of halogens is 4. The maximum absolute atomic E-state index is 17.1. The van der Waals surface area contributed by atoms with Crippen LogP contribution in [0.25, 0.3) is 27.7 Å². The number of carbonyl (C=O) groups excluding carboxylic acids is 1. The minimum atomic E-state index is -0.936. The fourth-order valence-corrected chi connectivity index (χ4v) is 7.08. The summed E-state index contributed by atoms with van der Waals surface area (Å²) in [5, 5.41) is 0.00354. The normalized spacial score (nSPS) is 16.5. The molecule has 0 saturated carbocycles. The predicted octanol–water partition coefficient (Wildman–Crippen LogP) is 6.09. The monoisotopic (exact) mass is 667 g/mol. The molecular formula is C33H33Cl2F2N7O2. The molecule has 6 rings (SSSR count). The second-order valence-corrected chi connectivity index (χ2v) is 12.9. The molecule has 46 heavy (non-hydrogen) atoms. The lowest BCUT2D eigenvalue weighted by atomic mass is 9.96. The third kappa shape index (κ3) is 4.96. The number of nitrogens with two attached hydrogens (primary N) is 1. The molecule has 2 aromatic carbocycles. The zero-order valence-electron chi connectivity index (χ0n) is 25.9. The third-order valence-electron chi connectivity index (χ3n) is 8.90. The molecule has 1 atom stereocenters. The molecule has 2 N–H and O–H groups in total. The summed E-state index contributed by atoms with van der Waals surface area (Å²) in [4.78, 5) is 41.5. The van der Waals surface area contributed by atoms with Crippen molar-refractivity contribution in [3.05, 3.63) is 80.5 Å². The molecule has 2 aliphatic rings. The molecule has 4 aromatic rings. The van der Waals surface area contributed by atoms with E-state index >= 15 is 8.78 Å². The fourth-order valence-electron chi connectivity index (χ4n) is 6.61. The van der Waals surface area contributed by atoms with Gasteiger partial charge >= 0.3 is 5.69 Å². The zero-order valence-corrected chi connectivity index (χ0v) is 27.4. The molecule has 2 aliphatic heterocycles. The first-order valence-electron chi connectivity index (χ1n) is 14.9. The smallest absolute Gasteiger partial charge is 0.354 e. The van der Waals surface area contributed by atoms with Crippen molar-refractivity contribution in [3.8, 4) is 16.8 Å². The molecule has 1 unspecified atom stereocenters. The Labute approximate surface area is 274 Å². The SMILES string of the molecule is C=CC(=O)N1CCN2c3nc(=O)n(-c4c(C)ccnc4C(C)C)c4cc(-c5c(N)c(Cl)cc(Cl)c5F)c(F)c(c34)N(C)CCC2C1. The molecule has 1 amide bonds. The number of amides is 1. The molecule has 1 saturated heterocycles. The maximum atomic E-state index is 17.1. The second kappa shape index (κ2) is 11.9. The van der Waals surface area contributed by atoms with Gasteiger partial charge in [-0.1, -0.05) is 43.6 Å². The quantitative estimate of drug-likeness (QED) is 0.160. The number of carbonyl (C=O) groups is 1. The van der Waals surface area contributed by atoms with E-state index in [9.17, 15) is 9.59 Å². The van der Waals surface area contributed by atoms with Gasteiger partial charge in [0.1, 0.15) is 5.82 Å². The van der Waals surface area contributed by atoms with Crippen LogP contribution in [0.1, 0.15) is 37.4 Å². The average molecular weight is 669 g/mol. The van der Waals surface area contributed by atoms with E-state index < -0.39 is 17.3 Å². The van der Waals surface area contributed by atoms with Crippen molar-refractivity contribution in [2.75, 3.05) is 48.8 Å². The zero-order chi connectivity index (χ0) is 33.2. The molecule has 13 heteroatoms. The fraction of sp³-hybridized carbons (Fsp3) is 0.333. The average Bonchev–Trinajstić information content (AvgIpc) is 3.02. The summed E-state index contributed by atoms with van der Waals surface area (Å²) in [6.07, 6.45) is 3.47. The highest BCUT2D eigenvalue weighted by Crippen LogP contribution is 2.46. The van der Waals surface area contributed by atoms with E-state index in [0.717, 1.165) is 5.56 Å². The Hall–Kier alpha value is -4.22. The molecule has 2 aromatic heterocycles. The lowest BCUT2D eigenvalue weighted by Gasteiger charge is -2.44. The number of nitrogen functional groups attached to an aromatic ring is 1. The van der Waals surface area contributed by atoms with Gasteiger partial charge in [-0.15, -0.1) is 0 Å². The summed E-state index contributed by atoms with van der Waals surface area (Å²) in [6, 6.07) is 4.16. The van der Waals surface area contributed by atoms with Crippen LogP contribution in [0, 0.1) is 18.6 Å². The number of pyridine rings is 1. The van der Waals surface area contributed by atoms with Crippen molar-refractivity contribution in [1.82, 2.24) is 19.4 Å². The van der Waals surface area contributed by atoms with E-state index in [1.54, 1.807) is 29.1 Å². The molecule has 240 valence electrons. The van der Waals surface area contributed by atoms with Crippen LogP contribution in [0.5, 0.6) is 0 Å². The van der Waals surface area contributed by atoms with Crippen LogP contribution in [0.2, 0.25) is 10.0 Å². The van der Waals surface area contributed by atoms with E-state index in [2.05, 4.69) is 16.5 Å². The number of hydrogen-bond donors (Lipinski definition) is 1. The van der Waals surface area contributed by atoms with Crippen LogP contribution in [0.3, 0.4) is 0 Å². The highest BCUT2D eigenvalue weighted by Gasteiger charge is 2.36. The summed E-state index contributed by atoms with van der Waals surface area (Å²) in [6.45, 7) is 10.9. The number of nitrogens with zero attached hydrogens (tertiary/aromatic N) is 6. The molecule has 4 heterocycles. The molecule has 0 aliphatic carbocycles. The van der Waals surface area contributed by atoms with E-state index in [0.29, 0.717) is 49.4 Å². The summed E-state index contributed by atoms with van der Waals surface area (Å²) in [7, 11) is 1.73. The number of benzene rings is 2. The molecule has 9 nitrogen and oxygen atoms in total. The lowest BCUT2D eigenvalue weighted by molar-refractivity contribution is -0.126. The largest absolute Gasteiger partial charge is 0.397 e. The third-order valence-corrected chi connectivity index (χ3v) is 9.49. The Morgan fingerprint density at radius 1 is 1.13 bits per heavy atom. The van der Waals surface area contributed by atoms with Gasteiger partial charge in [-0.3, -0.25) is 14.3 Å². The Kier molecular flexibility index (Phi) is 8.18. The first kappa shape index (κ1) is 31.7. The highest BCUT2D eigenvalue weighted by molar-refractivity contribution is 6.37. The molecule has 0 radical (unpaired) electrons. The van der Waals surface area contributed by atoms with Crippen molar-refractivity contribution in [3.63, 3.8) is 0 Å². The van der Waals surface area contributed by atoms with Crippen LogP contribution in [0.4, 0.5) is 26.0 Å². The van der Waals surface area contributed by atoms with Crippen molar-refractivity contribution >= 4 is 57.2 Å². The van der Waals surface area contributed by atoms with E-state index in [1.165, 1.54) is 22.8 Å². The Balaban J connectivity index is 1.77. The standard InChI is InChI=1S/C33H33Cl2F2N7O2/c1-6-23(45)42-11-12-43-18(15-42)8-10-41(5)31-25-22(13-19(26(31)36)24-27(37)20(34)14-21(35)28(24)38)44(33(46)40-32(25)43)30-17(4)7-9-39-29(30)16(2)3/h6-7,9,13-14,16,18H,1,8,10-12,15,38H2,2-5H3. The number of aromatic nitrogens is 3. The summed E-state index contributed by atoms with van der Waals surface area (Å²) >= 11 is 12.5. The van der Waals surface area contributed by atoms with Gasteiger partial charge in [0.15, 0.2) is 11.6 Å². The lowest BCUT2D eigenvalue weighted by Crippen LogP contribution is -2.56. The number of rotatable bonds is 4. The van der Waals surface area contributed by atoms with Crippen LogP contribution >= 0.6 is 23.2 Å². The maximum Gasteiger partial charge on any atom is 0.354 e. The van der Waals surface area contributed by atoms with Gasteiger partial charge in [-0.2, -0.15) is 4.98 Å². The van der Waals surface area contributed by atoms with Crippen LogP contribution < -0.4 is 21.2 Å². The predicted molar refractivity (Wildman–Crippen MR) is 180 cm³/mol. The van der Waals surface area contributed by atoms with Crippen molar-refractivity contribution in [2.45, 2.75) is 39.2 Å². The summed E-state index contributed by atoms with van der Waals surface area (Å²) in [5.74, 6) is -1.69. The van der Waals surface area contributed by atoms with E-state index in [4.69, 9.17) is 28.9 Å². The van der Waals surface area contributed by atoms with Gasteiger partial charge in [-0.05, 0) is 49.1 Å². The number of aryl methyl sites for hydroxylation is 1. The highest BCUT2D eigenvalue weighted by atomic mass is 35.5. The van der Waals surface area contributed by atoms with Gasteiger partial charge in [0.2, 0.25) is 5.91 Å². The molecule has 0 spiro atoms. The number of piperazine rings is 1. The van der Waals surface area contributed by atoms with Crippen LogP contribution in [0.15, 0.2) is 41.8 Å². The van der Waals surface area contributed by atoms with Gasteiger partial charge in [0.05, 0.1) is 43.7 Å². The Bertz CT molecular complexity index is 1970. The van der Waals surface area contributed by atoms with E-state index in [1.807, 2.05) is 25.7 Å². The number of hydrogen-bond acceptors (Lipinski definition) is 7. The number of fused-ring (bicyclic) bond motifs is 2. The van der Waals surface area contributed by atoms with Crippen LogP contribution in [-0.4, -0.2) is 64.6 Å². The summed E-state index contributed by atoms with van der Waals surface area (Å²) in [5.41, 5.74) is 7.26. The molecule has 1 fully saturated rings. The Morgan fingerprint density at radius 3 is 2.57 bits per heavy atom. The molecular weight excluding hydrogens is 635 g/mol. The van der Waals surface area contributed by atoms with Crippen molar-refractivity contribution in [2.24, 2.45) is 0 Å². The van der Waals surface area contributed by atoms with E-state index in [-0.39, 0.29) is 61.7 Å². The summed E-state index contributed by atoms with van der Waals surface area (Å²) < 4.78 is 34.3. The number of anilines is 3.